The van der Waals surface area contributed by atoms with Crippen molar-refractivity contribution < 1.29 is 23.1 Å². The van der Waals surface area contributed by atoms with Gasteiger partial charge in [0.2, 0.25) is 0 Å². The van der Waals surface area contributed by atoms with Crippen molar-refractivity contribution in [3.8, 4) is 11.3 Å². The summed E-state index contributed by atoms with van der Waals surface area (Å²) in [6.45, 7) is 0. The Morgan fingerprint density at radius 2 is 1.83 bits per heavy atom. The topological polar surface area (TPSA) is 68.0 Å². The first-order chi connectivity index (χ1) is 11.0. The standard InChI is InChI=1S/C15H14F3N3O2/c16-10-5-8(6-11(17)14(10)18)12-7-21(20-19-12)13-4-2-1-3-9(13)15(22)23/h5-7,9,13H,1-4H2,(H,22,23)/t9-,13+/m1/s1. The van der Waals surface area contributed by atoms with Gasteiger partial charge >= 0.3 is 5.97 Å². The Hall–Kier alpha value is -2.38. The van der Waals surface area contributed by atoms with Crippen LogP contribution in [0.1, 0.15) is 31.7 Å². The van der Waals surface area contributed by atoms with Crippen molar-refractivity contribution in [2.24, 2.45) is 5.92 Å². The van der Waals surface area contributed by atoms with E-state index >= 15 is 0 Å². The minimum absolute atomic E-state index is 0.0512. The highest BCUT2D eigenvalue weighted by molar-refractivity contribution is 5.70. The van der Waals surface area contributed by atoms with E-state index in [1.807, 2.05) is 0 Å². The van der Waals surface area contributed by atoms with Gasteiger partial charge in [0, 0.05) is 5.56 Å². The second-order valence-corrected chi connectivity index (χ2v) is 5.63. The van der Waals surface area contributed by atoms with Crippen molar-refractivity contribution >= 4 is 5.97 Å². The molecular formula is C15H14F3N3O2. The molecule has 0 unspecified atom stereocenters. The minimum atomic E-state index is -1.54. The molecule has 0 saturated heterocycles. The maximum atomic E-state index is 13.3. The first kappa shape index (κ1) is 15.5. The molecule has 122 valence electrons. The highest BCUT2D eigenvalue weighted by Gasteiger charge is 2.33. The summed E-state index contributed by atoms with van der Waals surface area (Å²) >= 11 is 0. The Bertz CT molecular complexity index is 724. The van der Waals surface area contributed by atoms with E-state index in [4.69, 9.17) is 0 Å². The van der Waals surface area contributed by atoms with Gasteiger partial charge in [0.05, 0.1) is 18.2 Å². The van der Waals surface area contributed by atoms with Gasteiger partial charge in [-0.15, -0.1) is 5.10 Å². The summed E-state index contributed by atoms with van der Waals surface area (Å²) in [7, 11) is 0. The number of benzene rings is 1. The van der Waals surface area contributed by atoms with Crippen LogP contribution in [0.25, 0.3) is 11.3 Å². The third kappa shape index (κ3) is 2.93. The summed E-state index contributed by atoms with van der Waals surface area (Å²) < 4.78 is 41.0. The van der Waals surface area contributed by atoms with Gasteiger partial charge in [0.25, 0.3) is 0 Å². The van der Waals surface area contributed by atoms with E-state index < -0.39 is 29.3 Å². The average molecular weight is 325 g/mol. The summed E-state index contributed by atoms with van der Waals surface area (Å²) in [6, 6.07) is 1.32. The number of aromatic nitrogens is 3. The SMILES string of the molecule is O=C(O)[C@@H]1CCCC[C@@H]1n1cc(-c2cc(F)c(F)c(F)c2)nn1. The molecular weight excluding hydrogens is 311 g/mol. The van der Waals surface area contributed by atoms with Crippen LogP contribution < -0.4 is 0 Å². The fourth-order valence-electron chi connectivity index (χ4n) is 2.99. The largest absolute Gasteiger partial charge is 0.481 e. The Balaban J connectivity index is 1.92. The van der Waals surface area contributed by atoms with E-state index in [1.165, 1.54) is 10.9 Å². The Morgan fingerprint density at radius 3 is 2.48 bits per heavy atom. The number of rotatable bonds is 3. The van der Waals surface area contributed by atoms with E-state index in [-0.39, 0.29) is 17.3 Å². The summed E-state index contributed by atoms with van der Waals surface area (Å²) in [4.78, 5) is 11.3. The van der Waals surface area contributed by atoms with Gasteiger partial charge in [-0.05, 0) is 25.0 Å². The molecule has 1 aromatic heterocycles. The van der Waals surface area contributed by atoms with Crippen LogP contribution in [0.15, 0.2) is 18.3 Å². The van der Waals surface area contributed by atoms with E-state index in [1.54, 1.807) is 0 Å². The van der Waals surface area contributed by atoms with Gasteiger partial charge in [0.1, 0.15) is 5.69 Å². The molecule has 2 atom stereocenters. The molecule has 0 aliphatic heterocycles. The van der Waals surface area contributed by atoms with Gasteiger partial charge < -0.3 is 5.11 Å². The van der Waals surface area contributed by atoms with Gasteiger partial charge in [-0.3, -0.25) is 4.79 Å². The number of carbonyl (C=O) groups is 1. The molecule has 1 heterocycles. The van der Waals surface area contributed by atoms with Crippen LogP contribution in [0.3, 0.4) is 0 Å². The molecule has 1 aliphatic rings. The van der Waals surface area contributed by atoms with Crippen LogP contribution >= 0.6 is 0 Å². The molecule has 1 aliphatic carbocycles. The fraction of sp³-hybridized carbons (Fsp3) is 0.400. The Morgan fingerprint density at radius 1 is 1.17 bits per heavy atom. The summed E-state index contributed by atoms with van der Waals surface area (Å²) in [5, 5.41) is 17.0. The predicted octanol–water partition coefficient (Wildman–Crippen LogP) is 3.18. The molecule has 0 spiro atoms. The lowest BCUT2D eigenvalue weighted by molar-refractivity contribution is -0.144. The van der Waals surface area contributed by atoms with Gasteiger partial charge in [-0.25, -0.2) is 17.9 Å². The van der Waals surface area contributed by atoms with Crippen LogP contribution in [0, 0.1) is 23.4 Å². The Labute approximate surface area is 129 Å². The molecule has 3 rings (SSSR count). The van der Waals surface area contributed by atoms with Crippen LogP contribution in [-0.4, -0.2) is 26.1 Å². The van der Waals surface area contributed by atoms with E-state index in [0.29, 0.717) is 12.8 Å². The van der Waals surface area contributed by atoms with Crippen molar-refractivity contribution in [2.45, 2.75) is 31.7 Å². The lowest BCUT2D eigenvalue weighted by atomic mass is 9.84. The normalized spacial score (nSPS) is 21.3. The number of carboxylic acids is 1. The highest BCUT2D eigenvalue weighted by atomic mass is 19.2. The number of nitrogens with zero attached hydrogens (tertiary/aromatic N) is 3. The Kier molecular flexibility index (Phi) is 4.06. The van der Waals surface area contributed by atoms with Crippen LogP contribution in [0.2, 0.25) is 0 Å². The van der Waals surface area contributed by atoms with Crippen molar-refractivity contribution in [1.82, 2.24) is 15.0 Å². The molecule has 1 aromatic carbocycles. The van der Waals surface area contributed by atoms with Gasteiger partial charge in [-0.2, -0.15) is 0 Å². The smallest absolute Gasteiger partial charge is 0.308 e. The fourth-order valence-corrected chi connectivity index (χ4v) is 2.99. The van der Waals surface area contributed by atoms with Gasteiger partial charge in [0.15, 0.2) is 17.5 Å². The molecule has 2 aromatic rings. The lowest BCUT2D eigenvalue weighted by Gasteiger charge is -2.28. The maximum Gasteiger partial charge on any atom is 0.308 e. The number of halogens is 3. The summed E-state index contributed by atoms with van der Waals surface area (Å²) in [5.41, 5.74) is 0.216. The minimum Gasteiger partial charge on any atom is -0.481 e. The monoisotopic (exact) mass is 325 g/mol. The second kappa shape index (κ2) is 6.02. The molecule has 0 radical (unpaired) electrons. The van der Waals surface area contributed by atoms with E-state index in [0.717, 1.165) is 25.0 Å². The summed E-state index contributed by atoms with van der Waals surface area (Å²) in [6.07, 6.45) is 4.35. The first-order valence-electron chi connectivity index (χ1n) is 7.27. The van der Waals surface area contributed by atoms with Crippen molar-refractivity contribution in [3.05, 3.63) is 35.8 Å². The average Bonchev–Trinajstić information content (AvgIpc) is 3.02. The zero-order chi connectivity index (χ0) is 16.6. The maximum absolute atomic E-state index is 13.3. The predicted molar refractivity (Wildman–Crippen MR) is 74.0 cm³/mol. The molecule has 8 heteroatoms. The van der Waals surface area contributed by atoms with Crippen LogP contribution in [0.5, 0.6) is 0 Å². The number of carboxylic acid groups (broad SMARTS) is 1. The number of aliphatic carboxylic acids is 1. The van der Waals surface area contributed by atoms with E-state index in [2.05, 4.69) is 10.3 Å². The summed E-state index contributed by atoms with van der Waals surface area (Å²) in [5.74, 6) is -5.63. The third-order valence-electron chi connectivity index (χ3n) is 4.18. The number of hydrogen-bond acceptors (Lipinski definition) is 3. The quantitative estimate of drug-likeness (QED) is 0.880. The molecule has 1 N–H and O–H groups in total. The third-order valence-corrected chi connectivity index (χ3v) is 4.18. The molecule has 1 saturated carbocycles. The molecule has 5 nitrogen and oxygen atoms in total. The van der Waals surface area contributed by atoms with Crippen LogP contribution in [-0.2, 0) is 4.79 Å². The van der Waals surface area contributed by atoms with E-state index in [9.17, 15) is 23.1 Å². The second-order valence-electron chi connectivity index (χ2n) is 5.63. The first-order valence-corrected chi connectivity index (χ1v) is 7.27. The molecule has 1 fully saturated rings. The number of hydrogen-bond donors (Lipinski definition) is 1. The van der Waals surface area contributed by atoms with Crippen molar-refractivity contribution in [1.29, 1.82) is 0 Å². The van der Waals surface area contributed by atoms with Gasteiger partial charge in [-0.1, -0.05) is 18.1 Å². The van der Waals surface area contributed by atoms with Crippen molar-refractivity contribution in [2.75, 3.05) is 0 Å². The molecule has 0 amide bonds. The molecule has 23 heavy (non-hydrogen) atoms. The molecule has 0 bridgehead atoms. The van der Waals surface area contributed by atoms with Crippen LogP contribution in [0.4, 0.5) is 13.2 Å². The highest BCUT2D eigenvalue weighted by Crippen LogP contribution is 2.34. The zero-order valence-corrected chi connectivity index (χ0v) is 12.0. The van der Waals surface area contributed by atoms with Crippen molar-refractivity contribution in [3.63, 3.8) is 0 Å². The zero-order valence-electron chi connectivity index (χ0n) is 12.0. The lowest BCUT2D eigenvalue weighted by Crippen LogP contribution is -2.29.